The van der Waals surface area contributed by atoms with Gasteiger partial charge in [0.05, 0.1) is 12.3 Å². The number of aromatic nitrogens is 1. The summed E-state index contributed by atoms with van der Waals surface area (Å²) < 4.78 is 0. The standard InChI is InChI=1S/C14H21N3O/c1-2-7-17(8-9-18)14-5-6-15-13(10-14)11-16-12-3-4-12/h2,5-6,10,12,16,18H,1,3-4,7-9,11H2. The first-order valence-corrected chi connectivity index (χ1v) is 6.48. The summed E-state index contributed by atoms with van der Waals surface area (Å²) in [7, 11) is 0. The first-order chi connectivity index (χ1) is 8.83. The molecule has 0 saturated heterocycles. The molecule has 4 nitrogen and oxygen atoms in total. The summed E-state index contributed by atoms with van der Waals surface area (Å²) in [6, 6.07) is 4.74. The predicted octanol–water partition coefficient (Wildman–Crippen LogP) is 1.32. The summed E-state index contributed by atoms with van der Waals surface area (Å²) in [5.41, 5.74) is 2.14. The second-order valence-electron chi connectivity index (χ2n) is 4.62. The smallest absolute Gasteiger partial charge is 0.0606 e. The monoisotopic (exact) mass is 247 g/mol. The van der Waals surface area contributed by atoms with Gasteiger partial charge in [-0.05, 0) is 25.0 Å². The maximum Gasteiger partial charge on any atom is 0.0606 e. The van der Waals surface area contributed by atoms with Crippen molar-refractivity contribution in [2.75, 3.05) is 24.6 Å². The average molecular weight is 247 g/mol. The molecule has 0 radical (unpaired) electrons. The molecule has 1 aromatic heterocycles. The molecule has 1 heterocycles. The molecule has 1 aliphatic rings. The molecule has 1 fully saturated rings. The van der Waals surface area contributed by atoms with Gasteiger partial charge >= 0.3 is 0 Å². The van der Waals surface area contributed by atoms with E-state index in [-0.39, 0.29) is 6.61 Å². The van der Waals surface area contributed by atoms with E-state index in [1.54, 1.807) is 0 Å². The fourth-order valence-corrected chi connectivity index (χ4v) is 1.90. The largest absolute Gasteiger partial charge is 0.395 e. The minimum Gasteiger partial charge on any atom is -0.395 e. The van der Waals surface area contributed by atoms with Crippen molar-refractivity contribution in [1.29, 1.82) is 0 Å². The molecule has 1 aliphatic carbocycles. The van der Waals surface area contributed by atoms with Gasteiger partial charge in [0.1, 0.15) is 0 Å². The molecule has 98 valence electrons. The molecule has 0 amide bonds. The van der Waals surface area contributed by atoms with E-state index in [0.717, 1.165) is 24.5 Å². The molecule has 0 atom stereocenters. The van der Waals surface area contributed by atoms with Crippen molar-refractivity contribution >= 4 is 5.69 Å². The normalized spacial score (nSPS) is 14.5. The number of hydrogen-bond donors (Lipinski definition) is 2. The van der Waals surface area contributed by atoms with Gasteiger partial charge in [-0.2, -0.15) is 0 Å². The molecule has 0 spiro atoms. The van der Waals surface area contributed by atoms with Crippen LogP contribution in [-0.4, -0.2) is 35.8 Å². The number of nitrogens with one attached hydrogen (secondary N) is 1. The number of aliphatic hydroxyl groups is 1. The first kappa shape index (κ1) is 13.1. The quantitative estimate of drug-likeness (QED) is 0.680. The molecule has 0 bridgehead atoms. The molecule has 18 heavy (non-hydrogen) atoms. The Balaban J connectivity index is 2.00. The van der Waals surface area contributed by atoms with Gasteiger partial charge in [-0.15, -0.1) is 6.58 Å². The Morgan fingerprint density at radius 1 is 1.56 bits per heavy atom. The third-order valence-corrected chi connectivity index (χ3v) is 3.03. The van der Waals surface area contributed by atoms with Crippen LogP contribution in [0.4, 0.5) is 5.69 Å². The summed E-state index contributed by atoms with van der Waals surface area (Å²) in [6.45, 7) is 6.06. The van der Waals surface area contributed by atoms with Gasteiger partial charge in [-0.1, -0.05) is 6.08 Å². The van der Waals surface area contributed by atoms with E-state index in [1.807, 2.05) is 18.3 Å². The Morgan fingerprint density at radius 3 is 3.06 bits per heavy atom. The Morgan fingerprint density at radius 2 is 2.39 bits per heavy atom. The summed E-state index contributed by atoms with van der Waals surface area (Å²) >= 11 is 0. The fourth-order valence-electron chi connectivity index (χ4n) is 1.90. The van der Waals surface area contributed by atoms with Gasteiger partial charge in [-0.25, -0.2) is 0 Å². The molecule has 0 aliphatic heterocycles. The highest BCUT2D eigenvalue weighted by molar-refractivity contribution is 5.47. The van der Waals surface area contributed by atoms with E-state index < -0.39 is 0 Å². The summed E-state index contributed by atoms with van der Waals surface area (Å²) in [4.78, 5) is 6.46. The average Bonchev–Trinajstić information content (AvgIpc) is 3.21. The van der Waals surface area contributed by atoms with Crippen LogP contribution in [0.5, 0.6) is 0 Å². The van der Waals surface area contributed by atoms with Crippen LogP contribution in [0.3, 0.4) is 0 Å². The lowest BCUT2D eigenvalue weighted by atomic mass is 10.2. The third-order valence-electron chi connectivity index (χ3n) is 3.03. The summed E-state index contributed by atoms with van der Waals surface area (Å²) in [6.07, 6.45) is 6.24. The van der Waals surface area contributed by atoms with E-state index in [0.29, 0.717) is 12.6 Å². The second kappa shape index (κ2) is 6.52. The number of aliphatic hydroxyl groups excluding tert-OH is 1. The number of anilines is 1. The molecule has 4 heteroatoms. The van der Waals surface area contributed by atoms with Crippen LogP contribution in [0.2, 0.25) is 0 Å². The van der Waals surface area contributed by atoms with Gasteiger partial charge < -0.3 is 15.3 Å². The van der Waals surface area contributed by atoms with Crippen molar-refractivity contribution in [3.05, 3.63) is 36.7 Å². The number of hydrogen-bond acceptors (Lipinski definition) is 4. The number of nitrogens with zero attached hydrogens (tertiary/aromatic N) is 2. The minimum absolute atomic E-state index is 0.145. The highest BCUT2D eigenvalue weighted by Gasteiger charge is 2.20. The molecular weight excluding hydrogens is 226 g/mol. The Labute approximate surface area is 108 Å². The van der Waals surface area contributed by atoms with Crippen LogP contribution in [0.15, 0.2) is 31.0 Å². The lowest BCUT2D eigenvalue weighted by Gasteiger charge is -2.22. The van der Waals surface area contributed by atoms with Crippen molar-refractivity contribution in [3.8, 4) is 0 Å². The Bertz CT molecular complexity index is 390. The van der Waals surface area contributed by atoms with Gasteiger partial charge in [0.25, 0.3) is 0 Å². The van der Waals surface area contributed by atoms with Crippen LogP contribution < -0.4 is 10.2 Å². The van der Waals surface area contributed by atoms with Gasteiger partial charge in [0.15, 0.2) is 0 Å². The lowest BCUT2D eigenvalue weighted by Crippen LogP contribution is -2.27. The summed E-state index contributed by atoms with van der Waals surface area (Å²) in [5, 5.41) is 12.5. The predicted molar refractivity (Wildman–Crippen MR) is 73.6 cm³/mol. The molecule has 2 N–H and O–H groups in total. The molecule has 0 aromatic carbocycles. The van der Waals surface area contributed by atoms with Crippen molar-refractivity contribution in [3.63, 3.8) is 0 Å². The Hall–Kier alpha value is -1.39. The maximum atomic E-state index is 9.07. The minimum atomic E-state index is 0.145. The van der Waals surface area contributed by atoms with E-state index in [1.165, 1.54) is 12.8 Å². The molecule has 2 rings (SSSR count). The van der Waals surface area contributed by atoms with Crippen molar-refractivity contribution in [1.82, 2.24) is 10.3 Å². The van der Waals surface area contributed by atoms with Gasteiger partial charge in [0, 0.05) is 37.6 Å². The zero-order valence-electron chi connectivity index (χ0n) is 10.7. The van der Waals surface area contributed by atoms with E-state index in [2.05, 4.69) is 27.8 Å². The zero-order valence-corrected chi connectivity index (χ0v) is 10.7. The van der Waals surface area contributed by atoms with Crippen LogP contribution in [0.1, 0.15) is 18.5 Å². The van der Waals surface area contributed by atoms with Crippen molar-refractivity contribution in [2.24, 2.45) is 0 Å². The highest BCUT2D eigenvalue weighted by atomic mass is 16.3. The van der Waals surface area contributed by atoms with E-state index in [9.17, 15) is 0 Å². The first-order valence-electron chi connectivity index (χ1n) is 6.48. The van der Waals surface area contributed by atoms with Gasteiger partial charge in [0.2, 0.25) is 0 Å². The number of pyridine rings is 1. The van der Waals surface area contributed by atoms with Crippen molar-refractivity contribution < 1.29 is 5.11 Å². The molecular formula is C14H21N3O. The highest BCUT2D eigenvalue weighted by Crippen LogP contribution is 2.20. The number of rotatable bonds is 8. The van der Waals surface area contributed by atoms with E-state index >= 15 is 0 Å². The van der Waals surface area contributed by atoms with Crippen LogP contribution in [0.25, 0.3) is 0 Å². The molecule has 1 saturated carbocycles. The SMILES string of the molecule is C=CCN(CCO)c1ccnc(CNC2CC2)c1. The van der Waals surface area contributed by atoms with E-state index in [4.69, 9.17) is 5.11 Å². The second-order valence-corrected chi connectivity index (χ2v) is 4.62. The molecule has 0 unspecified atom stereocenters. The van der Waals surface area contributed by atoms with Gasteiger partial charge in [-0.3, -0.25) is 4.98 Å². The topological polar surface area (TPSA) is 48.4 Å². The molecule has 1 aromatic rings. The van der Waals surface area contributed by atoms with Crippen molar-refractivity contribution in [2.45, 2.75) is 25.4 Å². The fraction of sp³-hybridized carbons (Fsp3) is 0.500. The summed E-state index contributed by atoms with van der Waals surface area (Å²) in [5.74, 6) is 0. The Kier molecular flexibility index (Phi) is 4.73. The van der Waals surface area contributed by atoms with Crippen LogP contribution in [0, 0.1) is 0 Å². The van der Waals surface area contributed by atoms with Crippen LogP contribution >= 0.6 is 0 Å². The third kappa shape index (κ3) is 3.82. The zero-order chi connectivity index (χ0) is 12.8. The lowest BCUT2D eigenvalue weighted by molar-refractivity contribution is 0.303. The maximum absolute atomic E-state index is 9.07. The van der Waals surface area contributed by atoms with Crippen LogP contribution in [-0.2, 0) is 6.54 Å².